The minimum absolute atomic E-state index is 0.308. The number of ether oxygens (including phenoxy) is 1. The molecule has 0 aliphatic carbocycles. The quantitative estimate of drug-likeness (QED) is 0.912. The maximum Gasteiger partial charge on any atom is 0.259 e. The van der Waals surface area contributed by atoms with Gasteiger partial charge < -0.3 is 10.1 Å². The molecule has 0 aliphatic heterocycles. The Bertz CT molecular complexity index is 708. The van der Waals surface area contributed by atoms with Crippen LogP contribution in [0, 0.1) is 11.3 Å². The highest BCUT2D eigenvalue weighted by Gasteiger charge is 2.13. The normalized spacial score (nSPS) is 9.76. The van der Waals surface area contributed by atoms with Gasteiger partial charge in [0.25, 0.3) is 5.91 Å². The SMILES string of the molecule is CCOc1ccccc1C(=O)Nc1ccc(Br)cc1C#N. The first-order chi connectivity index (χ1) is 10.2. The summed E-state index contributed by atoms with van der Waals surface area (Å²) >= 11 is 3.30. The second-order valence-corrected chi connectivity index (χ2v) is 5.10. The summed E-state index contributed by atoms with van der Waals surface area (Å²) in [5.41, 5.74) is 1.30. The van der Waals surface area contributed by atoms with E-state index >= 15 is 0 Å². The molecule has 0 unspecified atom stereocenters. The molecule has 0 saturated carbocycles. The molecule has 0 bridgehead atoms. The molecule has 2 aromatic carbocycles. The van der Waals surface area contributed by atoms with Crippen molar-refractivity contribution < 1.29 is 9.53 Å². The van der Waals surface area contributed by atoms with Crippen LogP contribution >= 0.6 is 15.9 Å². The molecule has 0 atom stereocenters. The third-order valence-electron chi connectivity index (χ3n) is 2.78. The number of nitrogens with one attached hydrogen (secondary N) is 1. The number of anilines is 1. The van der Waals surface area contributed by atoms with Gasteiger partial charge in [-0.05, 0) is 37.3 Å². The Balaban J connectivity index is 2.29. The minimum Gasteiger partial charge on any atom is -0.493 e. The van der Waals surface area contributed by atoms with Gasteiger partial charge in [-0.2, -0.15) is 5.26 Å². The molecule has 1 N–H and O–H groups in total. The fraction of sp³-hybridized carbons (Fsp3) is 0.125. The topological polar surface area (TPSA) is 62.1 Å². The van der Waals surface area contributed by atoms with Gasteiger partial charge >= 0.3 is 0 Å². The van der Waals surface area contributed by atoms with Crippen molar-refractivity contribution in [2.24, 2.45) is 0 Å². The van der Waals surface area contributed by atoms with Gasteiger partial charge in [0.1, 0.15) is 11.8 Å². The molecule has 5 heteroatoms. The Hall–Kier alpha value is -2.32. The Morgan fingerprint density at radius 2 is 2.10 bits per heavy atom. The molecule has 106 valence electrons. The Morgan fingerprint density at radius 1 is 1.33 bits per heavy atom. The lowest BCUT2D eigenvalue weighted by Crippen LogP contribution is -2.14. The molecule has 2 aromatic rings. The summed E-state index contributed by atoms with van der Waals surface area (Å²) in [5, 5.41) is 11.9. The second kappa shape index (κ2) is 6.91. The lowest BCUT2D eigenvalue weighted by Gasteiger charge is -2.11. The van der Waals surface area contributed by atoms with Crippen LogP contribution in [0.2, 0.25) is 0 Å². The zero-order chi connectivity index (χ0) is 15.2. The predicted molar refractivity (Wildman–Crippen MR) is 84.4 cm³/mol. The summed E-state index contributed by atoms with van der Waals surface area (Å²) in [6, 6.07) is 14.2. The van der Waals surface area contributed by atoms with Gasteiger partial charge in [0.2, 0.25) is 0 Å². The lowest BCUT2D eigenvalue weighted by atomic mass is 10.1. The first-order valence-electron chi connectivity index (χ1n) is 6.38. The van der Waals surface area contributed by atoms with E-state index in [1.54, 1.807) is 36.4 Å². The van der Waals surface area contributed by atoms with Crippen LogP contribution in [0.15, 0.2) is 46.9 Å². The van der Waals surface area contributed by atoms with Crippen molar-refractivity contribution in [2.45, 2.75) is 6.92 Å². The Labute approximate surface area is 131 Å². The maximum absolute atomic E-state index is 12.4. The molecular weight excluding hydrogens is 332 g/mol. The van der Waals surface area contributed by atoms with E-state index in [2.05, 4.69) is 27.3 Å². The first-order valence-corrected chi connectivity index (χ1v) is 7.18. The number of carbonyl (C=O) groups excluding carboxylic acids is 1. The molecule has 2 rings (SSSR count). The average Bonchev–Trinajstić information content (AvgIpc) is 2.49. The van der Waals surface area contributed by atoms with Gasteiger partial charge in [-0.1, -0.05) is 28.1 Å². The van der Waals surface area contributed by atoms with Crippen LogP contribution in [0.3, 0.4) is 0 Å². The maximum atomic E-state index is 12.4. The fourth-order valence-electron chi connectivity index (χ4n) is 1.84. The molecule has 0 saturated heterocycles. The summed E-state index contributed by atoms with van der Waals surface area (Å²) in [6.45, 7) is 2.34. The van der Waals surface area contributed by atoms with Crippen molar-refractivity contribution in [1.82, 2.24) is 0 Å². The standard InChI is InChI=1S/C16H13BrN2O2/c1-2-21-15-6-4-3-5-13(15)16(20)19-14-8-7-12(17)9-11(14)10-18/h3-9H,2H2,1H3,(H,19,20). The number of halogens is 1. The molecule has 4 nitrogen and oxygen atoms in total. The van der Waals surface area contributed by atoms with Crippen molar-refractivity contribution in [3.8, 4) is 11.8 Å². The molecule has 1 amide bonds. The monoisotopic (exact) mass is 344 g/mol. The smallest absolute Gasteiger partial charge is 0.259 e. The van der Waals surface area contributed by atoms with Crippen LogP contribution in [0.25, 0.3) is 0 Å². The van der Waals surface area contributed by atoms with E-state index in [0.717, 1.165) is 4.47 Å². The third kappa shape index (κ3) is 3.61. The summed E-state index contributed by atoms with van der Waals surface area (Å²) < 4.78 is 6.22. The highest BCUT2D eigenvalue weighted by Crippen LogP contribution is 2.23. The van der Waals surface area contributed by atoms with Crippen molar-refractivity contribution in [2.75, 3.05) is 11.9 Å². The highest BCUT2D eigenvalue weighted by molar-refractivity contribution is 9.10. The van der Waals surface area contributed by atoms with Crippen molar-refractivity contribution in [3.63, 3.8) is 0 Å². The number of nitriles is 1. The number of rotatable bonds is 4. The van der Waals surface area contributed by atoms with Crippen molar-refractivity contribution in [3.05, 3.63) is 58.1 Å². The van der Waals surface area contributed by atoms with E-state index in [9.17, 15) is 4.79 Å². The van der Waals surface area contributed by atoms with E-state index in [-0.39, 0.29) is 5.91 Å². The Morgan fingerprint density at radius 3 is 2.81 bits per heavy atom. The van der Waals surface area contributed by atoms with Crippen molar-refractivity contribution >= 4 is 27.5 Å². The molecule has 0 aromatic heterocycles. The second-order valence-electron chi connectivity index (χ2n) is 4.19. The number of carbonyl (C=O) groups is 1. The zero-order valence-electron chi connectivity index (χ0n) is 11.4. The number of amides is 1. The molecule has 0 radical (unpaired) electrons. The summed E-state index contributed by atoms with van der Waals surface area (Å²) in [4.78, 5) is 12.4. The molecular formula is C16H13BrN2O2. The van der Waals surface area contributed by atoms with Crippen LogP contribution in [0.4, 0.5) is 5.69 Å². The number of hydrogen-bond acceptors (Lipinski definition) is 3. The van der Waals surface area contributed by atoms with Gasteiger partial charge in [-0.25, -0.2) is 0 Å². The Kier molecular flexibility index (Phi) is 4.96. The average molecular weight is 345 g/mol. The fourth-order valence-corrected chi connectivity index (χ4v) is 2.20. The van der Waals surface area contributed by atoms with Crippen LogP contribution in [-0.2, 0) is 0 Å². The predicted octanol–water partition coefficient (Wildman–Crippen LogP) is 3.97. The van der Waals surface area contributed by atoms with Gasteiger partial charge in [0, 0.05) is 4.47 Å². The van der Waals surface area contributed by atoms with Gasteiger partial charge in [-0.3, -0.25) is 4.79 Å². The number of nitrogens with zero attached hydrogens (tertiary/aromatic N) is 1. The first kappa shape index (κ1) is 15.1. The molecule has 21 heavy (non-hydrogen) atoms. The summed E-state index contributed by atoms with van der Waals surface area (Å²) in [7, 11) is 0. The van der Waals surface area contributed by atoms with Crippen LogP contribution in [-0.4, -0.2) is 12.5 Å². The lowest BCUT2D eigenvalue weighted by molar-refractivity contribution is 0.102. The van der Waals surface area contributed by atoms with E-state index in [1.165, 1.54) is 0 Å². The molecule has 0 heterocycles. The number of benzene rings is 2. The molecule has 0 spiro atoms. The van der Waals surface area contributed by atoms with E-state index in [1.807, 2.05) is 13.0 Å². The van der Waals surface area contributed by atoms with E-state index < -0.39 is 0 Å². The highest BCUT2D eigenvalue weighted by atomic mass is 79.9. The number of hydrogen-bond donors (Lipinski definition) is 1. The van der Waals surface area contributed by atoms with E-state index in [4.69, 9.17) is 10.00 Å². The largest absolute Gasteiger partial charge is 0.493 e. The van der Waals surface area contributed by atoms with Crippen LogP contribution in [0.5, 0.6) is 5.75 Å². The van der Waals surface area contributed by atoms with Crippen molar-refractivity contribution in [1.29, 1.82) is 5.26 Å². The van der Waals surface area contributed by atoms with Crippen LogP contribution < -0.4 is 10.1 Å². The third-order valence-corrected chi connectivity index (χ3v) is 3.28. The summed E-state index contributed by atoms with van der Waals surface area (Å²) in [5.74, 6) is 0.214. The minimum atomic E-state index is -0.308. The van der Waals surface area contributed by atoms with Gasteiger partial charge in [-0.15, -0.1) is 0 Å². The zero-order valence-corrected chi connectivity index (χ0v) is 13.0. The van der Waals surface area contributed by atoms with E-state index in [0.29, 0.717) is 29.2 Å². The molecule has 0 aliphatic rings. The number of para-hydroxylation sites is 1. The summed E-state index contributed by atoms with van der Waals surface area (Å²) in [6.07, 6.45) is 0. The van der Waals surface area contributed by atoms with Gasteiger partial charge in [0.05, 0.1) is 23.4 Å². The van der Waals surface area contributed by atoms with Crippen LogP contribution in [0.1, 0.15) is 22.8 Å². The van der Waals surface area contributed by atoms with Gasteiger partial charge in [0.15, 0.2) is 0 Å². The molecule has 0 fully saturated rings.